The normalized spacial score (nSPS) is 25.2. The third-order valence-electron chi connectivity index (χ3n) is 7.68. The highest BCUT2D eigenvalue weighted by Crippen LogP contribution is 2.49. The summed E-state index contributed by atoms with van der Waals surface area (Å²) < 4.78 is 1.66. The molecule has 3 heterocycles. The van der Waals surface area contributed by atoms with Crippen molar-refractivity contribution >= 4 is 23.8 Å². The topological polar surface area (TPSA) is 90.8 Å². The van der Waals surface area contributed by atoms with Gasteiger partial charge in [0.2, 0.25) is 0 Å². The molecule has 2 saturated heterocycles. The molecule has 1 saturated carbocycles. The number of fused-ring (bicyclic) bond motifs is 1. The highest BCUT2D eigenvalue weighted by atomic mass is 16.2. The predicted octanol–water partition coefficient (Wildman–Crippen LogP) is 3.69. The Kier molecular flexibility index (Phi) is 5.28. The van der Waals surface area contributed by atoms with Crippen molar-refractivity contribution in [3.8, 4) is 5.69 Å². The number of anilines is 1. The number of carbonyl (C=O) groups is 3. The summed E-state index contributed by atoms with van der Waals surface area (Å²) in [5, 5.41) is 7.27. The van der Waals surface area contributed by atoms with E-state index in [0.717, 1.165) is 17.7 Å². The lowest BCUT2D eigenvalue weighted by Crippen LogP contribution is -2.64. The number of hydrogen-bond donors (Lipinski definition) is 1. The molecule has 3 aliphatic rings. The Labute approximate surface area is 209 Å². The number of nitrogens with zero attached hydrogens (tertiary/aromatic N) is 5. The zero-order valence-electron chi connectivity index (χ0n) is 20.1. The molecule has 3 aromatic rings. The van der Waals surface area contributed by atoms with Crippen molar-refractivity contribution < 1.29 is 14.4 Å². The molecule has 2 aromatic carbocycles. The van der Waals surface area contributed by atoms with Crippen molar-refractivity contribution in [2.24, 2.45) is 0 Å². The van der Waals surface area contributed by atoms with Gasteiger partial charge in [0, 0.05) is 31.1 Å². The highest BCUT2D eigenvalue weighted by molar-refractivity contribution is 6.08. The van der Waals surface area contributed by atoms with Crippen molar-refractivity contribution in [3.63, 3.8) is 0 Å². The molecule has 1 aliphatic carbocycles. The van der Waals surface area contributed by atoms with Crippen LogP contribution in [-0.2, 0) is 4.79 Å². The van der Waals surface area contributed by atoms with Crippen LogP contribution >= 0.6 is 0 Å². The van der Waals surface area contributed by atoms with Gasteiger partial charge in [-0.15, -0.1) is 0 Å². The molecular formula is C27H28N6O3. The molecule has 1 unspecified atom stereocenters. The number of benzene rings is 2. The molecule has 184 valence electrons. The Morgan fingerprint density at radius 1 is 1.03 bits per heavy atom. The van der Waals surface area contributed by atoms with Gasteiger partial charge in [-0.3, -0.25) is 15.0 Å². The second kappa shape index (κ2) is 8.51. The van der Waals surface area contributed by atoms with Gasteiger partial charge in [-0.05, 0) is 30.5 Å². The maximum Gasteiger partial charge on any atom is 0.328 e. The molecule has 5 amide bonds. The first-order valence-corrected chi connectivity index (χ1v) is 12.4. The summed E-state index contributed by atoms with van der Waals surface area (Å²) in [6.07, 6.45) is 2.86. The number of aromatic nitrogens is 2. The summed E-state index contributed by atoms with van der Waals surface area (Å²) in [7, 11) is 0. The smallest absolute Gasteiger partial charge is 0.320 e. The first-order valence-electron chi connectivity index (χ1n) is 12.4. The van der Waals surface area contributed by atoms with E-state index in [9.17, 15) is 14.4 Å². The first kappa shape index (κ1) is 22.3. The Hall–Kier alpha value is -4.14. The van der Waals surface area contributed by atoms with Gasteiger partial charge in [0.25, 0.3) is 5.91 Å². The second-order valence-corrected chi connectivity index (χ2v) is 9.63. The van der Waals surface area contributed by atoms with Crippen molar-refractivity contribution in [1.29, 1.82) is 0 Å². The quantitative estimate of drug-likeness (QED) is 0.560. The molecule has 1 N–H and O–H groups in total. The van der Waals surface area contributed by atoms with Crippen LogP contribution in [0.25, 0.3) is 5.69 Å². The number of nitrogens with one attached hydrogen (secondary N) is 1. The maximum absolute atomic E-state index is 13.8. The molecule has 9 heteroatoms. The Morgan fingerprint density at radius 2 is 1.75 bits per heavy atom. The van der Waals surface area contributed by atoms with Gasteiger partial charge in [-0.25, -0.2) is 14.3 Å². The number of rotatable bonds is 5. The van der Waals surface area contributed by atoms with Crippen LogP contribution in [0.15, 0.2) is 72.9 Å². The molecular weight excluding hydrogens is 456 g/mol. The fourth-order valence-corrected chi connectivity index (χ4v) is 5.62. The number of urea groups is 2. The summed E-state index contributed by atoms with van der Waals surface area (Å²) in [4.78, 5) is 45.3. The third-order valence-corrected chi connectivity index (χ3v) is 7.68. The number of imide groups is 1. The van der Waals surface area contributed by atoms with Gasteiger partial charge in [-0.2, -0.15) is 5.10 Å². The summed E-state index contributed by atoms with van der Waals surface area (Å²) in [5.74, 6) is 0.524. The van der Waals surface area contributed by atoms with E-state index in [1.807, 2.05) is 67.6 Å². The van der Waals surface area contributed by atoms with E-state index in [4.69, 9.17) is 0 Å². The van der Waals surface area contributed by atoms with Gasteiger partial charge < -0.3 is 9.80 Å². The zero-order valence-corrected chi connectivity index (χ0v) is 20.1. The maximum atomic E-state index is 13.8. The number of hydrogen-bond acceptors (Lipinski definition) is 4. The number of amides is 5. The lowest BCUT2D eigenvalue weighted by molar-refractivity contribution is -0.135. The summed E-state index contributed by atoms with van der Waals surface area (Å²) in [6.45, 7) is 2.75. The van der Waals surface area contributed by atoms with Crippen molar-refractivity contribution in [3.05, 3.63) is 78.5 Å². The summed E-state index contributed by atoms with van der Waals surface area (Å²) in [6, 6.07) is 20.6. The van der Waals surface area contributed by atoms with Crippen LogP contribution in [0.3, 0.4) is 0 Å². The first-order chi connectivity index (χ1) is 17.5. The van der Waals surface area contributed by atoms with Crippen molar-refractivity contribution in [1.82, 2.24) is 24.5 Å². The molecule has 3 atom stereocenters. The minimum atomic E-state index is -1.03. The van der Waals surface area contributed by atoms with E-state index in [1.165, 1.54) is 4.90 Å². The van der Waals surface area contributed by atoms with Gasteiger partial charge in [-0.1, -0.05) is 55.5 Å². The molecule has 1 aromatic heterocycles. The van der Waals surface area contributed by atoms with Crippen LogP contribution in [0.4, 0.5) is 15.4 Å². The lowest BCUT2D eigenvalue weighted by Gasteiger charge is -2.43. The number of carbonyl (C=O) groups excluding carboxylic acids is 3. The monoisotopic (exact) mass is 484 g/mol. The van der Waals surface area contributed by atoms with Crippen molar-refractivity contribution in [2.45, 2.75) is 37.3 Å². The fraction of sp³-hybridized carbons (Fsp3) is 0.333. The van der Waals surface area contributed by atoms with E-state index in [1.54, 1.807) is 26.7 Å². The van der Waals surface area contributed by atoms with Crippen LogP contribution in [0.2, 0.25) is 0 Å². The van der Waals surface area contributed by atoms with Crippen molar-refractivity contribution in [2.75, 3.05) is 25.0 Å². The Bertz CT molecular complexity index is 1310. The van der Waals surface area contributed by atoms with Crippen LogP contribution in [-0.4, -0.2) is 73.7 Å². The molecule has 2 aliphatic heterocycles. The van der Waals surface area contributed by atoms with E-state index in [2.05, 4.69) is 10.4 Å². The van der Waals surface area contributed by atoms with Gasteiger partial charge in [0.1, 0.15) is 11.4 Å². The third kappa shape index (κ3) is 3.45. The number of piperazine rings is 1. The van der Waals surface area contributed by atoms with Crippen LogP contribution < -0.4 is 5.32 Å². The standard InChI is InChI=1S/C27H28N6O3/c1-2-27-18-30(25(35)29-23-13-14-28-33(23)20-11-7-4-8-12-20)15-16-31(27)26(36)32(24(27)34)22-17-21(22)19-9-5-3-6-10-19/h3-14,21-22H,2,15-18H2,1H3,(H,29,35)/t21-,22+,27?/m1/s1. The minimum absolute atomic E-state index is 0.121. The SMILES string of the molecule is CCC12CN(C(=O)Nc3ccnn3-c3ccccc3)CCN1C(=O)N([C@H]1C[C@@H]1c1ccccc1)C2=O. The Morgan fingerprint density at radius 3 is 2.47 bits per heavy atom. The molecule has 0 spiro atoms. The van der Waals surface area contributed by atoms with Crippen LogP contribution in [0, 0.1) is 0 Å². The average Bonchev–Trinajstić information content (AvgIpc) is 3.50. The predicted molar refractivity (Wildman–Crippen MR) is 134 cm³/mol. The molecule has 36 heavy (non-hydrogen) atoms. The van der Waals surface area contributed by atoms with Gasteiger partial charge >= 0.3 is 12.1 Å². The Balaban J connectivity index is 1.20. The van der Waals surface area contributed by atoms with E-state index >= 15 is 0 Å². The number of para-hydroxylation sites is 1. The molecule has 9 nitrogen and oxygen atoms in total. The fourth-order valence-electron chi connectivity index (χ4n) is 5.62. The highest BCUT2D eigenvalue weighted by Gasteiger charge is 2.63. The summed E-state index contributed by atoms with van der Waals surface area (Å²) in [5.41, 5.74) is 0.947. The second-order valence-electron chi connectivity index (χ2n) is 9.63. The zero-order chi connectivity index (χ0) is 24.9. The average molecular weight is 485 g/mol. The van der Waals surface area contributed by atoms with Gasteiger partial charge in [0.05, 0.1) is 18.4 Å². The van der Waals surface area contributed by atoms with E-state index < -0.39 is 5.54 Å². The van der Waals surface area contributed by atoms with E-state index in [0.29, 0.717) is 25.3 Å². The molecule has 6 rings (SSSR count). The van der Waals surface area contributed by atoms with E-state index in [-0.39, 0.29) is 36.5 Å². The lowest BCUT2D eigenvalue weighted by atomic mass is 9.91. The molecule has 0 radical (unpaired) electrons. The van der Waals surface area contributed by atoms with Crippen LogP contribution in [0.5, 0.6) is 0 Å². The van der Waals surface area contributed by atoms with Crippen LogP contribution in [0.1, 0.15) is 31.2 Å². The minimum Gasteiger partial charge on any atom is -0.320 e. The van der Waals surface area contributed by atoms with Gasteiger partial charge in [0.15, 0.2) is 0 Å². The molecule has 0 bridgehead atoms. The summed E-state index contributed by atoms with van der Waals surface area (Å²) >= 11 is 0. The molecule has 3 fully saturated rings. The largest absolute Gasteiger partial charge is 0.328 e.